The molecule has 0 radical (unpaired) electrons. The molecule has 0 atom stereocenters. The average Bonchev–Trinajstić information content (AvgIpc) is 2.38. The lowest BCUT2D eigenvalue weighted by Crippen LogP contribution is -2.28. The monoisotopic (exact) mass is 356 g/mol. The Labute approximate surface area is 135 Å². The Kier molecular flexibility index (Phi) is 8.54. The average molecular weight is 356 g/mol. The lowest BCUT2D eigenvalue weighted by atomic mass is 10.3. The fourth-order valence-electron chi connectivity index (χ4n) is 1.69. The maximum absolute atomic E-state index is 12.0. The Balaban J connectivity index is 0.000000585. The Morgan fingerprint density at radius 3 is 1.70 bits per heavy atom. The highest BCUT2D eigenvalue weighted by Crippen LogP contribution is 2.27. The van der Waals surface area contributed by atoms with E-state index >= 15 is 0 Å². The molecule has 5 nitrogen and oxygen atoms in total. The van der Waals surface area contributed by atoms with Gasteiger partial charge < -0.3 is 9.08 Å². The molecule has 0 aliphatic rings. The van der Waals surface area contributed by atoms with Crippen molar-refractivity contribution in [1.82, 2.24) is 9.88 Å². The van der Waals surface area contributed by atoms with Gasteiger partial charge in [-0.15, -0.1) is 0 Å². The molecule has 0 N–H and O–H groups in total. The van der Waals surface area contributed by atoms with Gasteiger partial charge in [0.2, 0.25) is 0 Å². The van der Waals surface area contributed by atoms with Crippen molar-refractivity contribution in [2.45, 2.75) is 40.1 Å². The maximum atomic E-state index is 12.0. The molecule has 0 aliphatic heterocycles. The van der Waals surface area contributed by atoms with Crippen molar-refractivity contribution in [1.29, 1.82) is 0 Å². The second kappa shape index (κ2) is 9.07. The van der Waals surface area contributed by atoms with Gasteiger partial charge in [-0.2, -0.15) is 21.6 Å². The Hall–Kier alpha value is -1.35. The van der Waals surface area contributed by atoms with Gasteiger partial charge in [-0.3, -0.25) is 4.98 Å². The molecule has 0 bridgehead atoms. The first kappa shape index (κ1) is 21.6. The van der Waals surface area contributed by atoms with Crippen molar-refractivity contribution in [3.8, 4) is 5.75 Å². The molecular weight excluding hydrogens is 333 g/mol. The summed E-state index contributed by atoms with van der Waals surface area (Å²) in [7, 11) is -5.61. The van der Waals surface area contributed by atoms with Crippen molar-refractivity contribution in [3.63, 3.8) is 0 Å². The maximum Gasteiger partial charge on any atom is 0.534 e. The molecule has 0 fully saturated rings. The number of nitrogens with zero attached hydrogens (tertiary/aromatic N) is 2. The number of hydrogen-bond acceptors (Lipinski definition) is 5. The summed E-state index contributed by atoms with van der Waals surface area (Å²) in [5.41, 5.74) is -4.70. The summed E-state index contributed by atoms with van der Waals surface area (Å²) in [6.07, 6.45) is 0. The lowest BCUT2D eigenvalue weighted by Gasteiger charge is -2.13. The van der Waals surface area contributed by atoms with E-state index in [0.717, 1.165) is 12.1 Å². The van der Waals surface area contributed by atoms with E-state index in [1.807, 2.05) is 0 Å². The predicted octanol–water partition coefficient (Wildman–Crippen LogP) is 3.27. The number of halogens is 3. The number of pyridine rings is 1. The number of aromatic nitrogens is 1. The van der Waals surface area contributed by atoms with Crippen molar-refractivity contribution in [2.75, 3.05) is 19.6 Å². The summed E-state index contributed by atoms with van der Waals surface area (Å²) in [5, 5.41) is 0. The van der Waals surface area contributed by atoms with Crippen molar-refractivity contribution in [3.05, 3.63) is 23.5 Å². The second-order valence-electron chi connectivity index (χ2n) is 4.69. The van der Waals surface area contributed by atoms with Crippen molar-refractivity contribution in [2.24, 2.45) is 0 Å². The van der Waals surface area contributed by atoms with E-state index in [9.17, 15) is 21.6 Å². The van der Waals surface area contributed by atoms with Gasteiger partial charge in [0.1, 0.15) is 5.75 Å². The largest absolute Gasteiger partial charge is 0.534 e. The van der Waals surface area contributed by atoms with Crippen LogP contribution in [0.15, 0.2) is 12.1 Å². The van der Waals surface area contributed by atoms with Crippen molar-refractivity contribution < 1.29 is 25.8 Å². The fraction of sp³-hybridized carbons (Fsp3) is 0.643. The van der Waals surface area contributed by atoms with Crippen LogP contribution in [-0.2, 0) is 10.1 Å². The Morgan fingerprint density at radius 1 is 1.04 bits per heavy atom. The molecule has 1 heterocycles. The van der Waals surface area contributed by atoms with Gasteiger partial charge in [0, 0.05) is 23.5 Å². The van der Waals surface area contributed by atoms with Crippen LogP contribution in [0.4, 0.5) is 13.2 Å². The molecule has 0 unspecified atom stereocenters. The van der Waals surface area contributed by atoms with Gasteiger partial charge in [-0.05, 0) is 33.5 Å². The molecule has 1 aromatic heterocycles. The topological polar surface area (TPSA) is 59.5 Å². The smallest absolute Gasteiger partial charge is 0.376 e. The van der Waals surface area contributed by atoms with E-state index < -0.39 is 21.4 Å². The summed E-state index contributed by atoms with van der Waals surface area (Å²) in [6, 6.07) is 2.21. The molecule has 1 aromatic rings. The standard InChI is InChI=1S/C8H8F3NO3S.C6H15N/c1-5-3-7(4-6(2)12-5)15-16(13,14)8(9,10)11;1-4-7(5-2)6-3/h3-4H,1-2H3;4-6H2,1-3H3. The van der Waals surface area contributed by atoms with E-state index in [1.54, 1.807) is 0 Å². The molecule has 9 heteroatoms. The van der Waals surface area contributed by atoms with Gasteiger partial charge >= 0.3 is 15.6 Å². The summed E-state index contributed by atoms with van der Waals surface area (Å²) < 4.78 is 61.3. The minimum Gasteiger partial charge on any atom is -0.376 e. The number of rotatable bonds is 5. The van der Waals surface area contributed by atoms with Crippen LogP contribution in [0.1, 0.15) is 32.2 Å². The third-order valence-corrected chi connectivity index (χ3v) is 3.86. The summed E-state index contributed by atoms with van der Waals surface area (Å²) in [5.74, 6) is -0.401. The quantitative estimate of drug-likeness (QED) is 0.599. The zero-order valence-electron chi connectivity index (χ0n) is 13.9. The molecule has 0 saturated carbocycles. The summed E-state index contributed by atoms with van der Waals surface area (Å²) in [4.78, 5) is 6.25. The lowest BCUT2D eigenvalue weighted by molar-refractivity contribution is -0.0500. The van der Waals surface area contributed by atoms with E-state index in [4.69, 9.17) is 0 Å². The summed E-state index contributed by atoms with van der Waals surface area (Å²) >= 11 is 0. The molecule has 134 valence electrons. The first-order chi connectivity index (χ1) is 10.5. The number of alkyl halides is 3. The van der Waals surface area contributed by atoms with Crippen LogP contribution in [0.5, 0.6) is 5.75 Å². The third kappa shape index (κ3) is 7.65. The van der Waals surface area contributed by atoms with E-state index in [1.165, 1.54) is 33.5 Å². The van der Waals surface area contributed by atoms with Gasteiger partial charge in [-0.25, -0.2) is 0 Å². The highest BCUT2D eigenvalue weighted by molar-refractivity contribution is 7.88. The summed E-state index contributed by atoms with van der Waals surface area (Å²) in [6.45, 7) is 13.2. The van der Waals surface area contributed by atoms with Gasteiger partial charge in [-0.1, -0.05) is 20.8 Å². The highest BCUT2D eigenvalue weighted by atomic mass is 32.2. The Morgan fingerprint density at radius 2 is 1.43 bits per heavy atom. The molecular formula is C14H23F3N2O3S. The van der Waals surface area contributed by atoms with Crippen LogP contribution >= 0.6 is 0 Å². The van der Waals surface area contributed by atoms with Crippen LogP contribution in [0.2, 0.25) is 0 Å². The number of hydrogen-bond donors (Lipinski definition) is 0. The van der Waals surface area contributed by atoms with Gasteiger partial charge in [0.25, 0.3) is 0 Å². The van der Waals surface area contributed by atoms with E-state index in [0.29, 0.717) is 11.4 Å². The first-order valence-corrected chi connectivity index (χ1v) is 8.56. The van der Waals surface area contributed by atoms with Crippen LogP contribution < -0.4 is 4.18 Å². The molecule has 0 spiro atoms. The zero-order chi connectivity index (χ0) is 18.3. The zero-order valence-corrected chi connectivity index (χ0v) is 14.8. The molecule has 0 amide bonds. The first-order valence-electron chi connectivity index (χ1n) is 7.15. The molecule has 23 heavy (non-hydrogen) atoms. The van der Waals surface area contributed by atoms with Crippen LogP contribution in [0, 0.1) is 13.8 Å². The highest BCUT2D eigenvalue weighted by Gasteiger charge is 2.48. The third-order valence-electron chi connectivity index (χ3n) is 2.89. The van der Waals surface area contributed by atoms with Crippen LogP contribution in [0.25, 0.3) is 0 Å². The van der Waals surface area contributed by atoms with Crippen LogP contribution in [-0.4, -0.2) is 43.4 Å². The predicted molar refractivity (Wildman–Crippen MR) is 82.8 cm³/mol. The second-order valence-corrected chi connectivity index (χ2v) is 6.23. The van der Waals surface area contributed by atoms with Gasteiger partial charge in [0.05, 0.1) is 0 Å². The minimum absolute atomic E-state index is 0.368. The normalized spacial score (nSPS) is 11.9. The fourth-order valence-corrected chi connectivity index (χ4v) is 2.13. The van der Waals surface area contributed by atoms with E-state index in [2.05, 4.69) is 34.8 Å². The molecule has 1 rings (SSSR count). The molecule has 0 aromatic carbocycles. The number of aryl methyl sites for hydroxylation is 2. The Bertz CT molecular complexity index is 560. The molecule has 0 aliphatic carbocycles. The van der Waals surface area contributed by atoms with E-state index in [-0.39, 0.29) is 0 Å². The van der Waals surface area contributed by atoms with Crippen LogP contribution in [0.3, 0.4) is 0 Å². The molecule has 0 saturated heterocycles. The minimum atomic E-state index is -5.61. The SMILES string of the molecule is CCN(CC)CC.Cc1cc(OS(=O)(=O)C(F)(F)F)cc(C)n1. The van der Waals surface area contributed by atoms with Gasteiger partial charge in [0.15, 0.2) is 0 Å². The van der Waals surface area contributed by atoms with Crippen molar-refractivity contribution >= 4 is 10.1 Å².